The van der Waals surface area contributed by atoms with E-state index in [0.29, 0.717) is 17.5 Å². The molecule has 240 valence electrons. The quantitative estimate of drug-likeness (QED) is 0.185. The Bertz CT molecular complexity index is 2860. The van der Waals surface area contributed by atoms with Gasteiger partial charge in [0.1, 0.15) is 11.2 Å². The number of furan rings is 1. The molecule has 0 saturated carbocycles. The number of fused-ring (bicyclic) bond motifs is 5. The molecule has 0 amide bonds. The SMILES string of the molecule is C1=CC(c2nc(-c3ccc4cc(-c5ccccc5)ccc4c3)nc(-c3cccc4oc5cc(-c6ccc7ccccc7c6)ccc5c34)n2)=CCC1. The molecular weight excluding hydrogens is 623 g/mol. The van der Waals surface area contributed by atoms with Gasteiger partial charge >= 0.3 is 0 Å². The molecule has 0 radical (unpaired) electrons. The summed E-state index contributed by atoms with van der Waals surface area (Å²) in [5.41, 5.74) is 9.19. The van der Waals surface area contributed by atoms with Crippen molar-refractivity contribution in [3.8, 4) is 45.0 Å². The number of allylic oxidation sites excluding steroid dienone is 4. The van der Waals surface area contributed by atoms with Crippen molar-refractivity contribution in [1.82, 2.24) is 15.0 Å². The molecule has 9 aromatic rings. The molecule has 10 rings (SSSR count). The van der Waals surface area contributed by atoms with Gasteiger partial charge in [-0.1, -0.05) is 127 Å². The van der Waals surface area contributed by atoms with Gasteiger partial charge in [-0.3, -0.25) is 0 Å². The van der Waals surface area contributed by atoms with Crippen molar-refractivity contribution >= 4 is 49.1 Å². The van der Waals surface area contributed by atoms with E-state index in [1.165, 1.54) is 27.3 Å². The summed E-state index contributed by atoms with van der Waals surface area (Å²) in [5, 5.41) is 6.79. The van der Waals surface area contributed by atoms with Gasteiger partial charge in [0.05, 0.1) is 0 Å². The Labute approximate surface area is 295 Å². The van der Waals surface area contributed by atoms with Gasteiger partial charge in [-0.15, -0.1) is 0 Å². The van der Waals surface area contributed by atoms with Crippen LogP contribution in [-0.2, 0) is 0 Å². The van der Waals surface area contributed by atoms with E-state index in [0.717, 1.165) is 68.0 Å². The zero-order chi connectivity index (χ0) is 33.7. The van der Waals surface area contributed by atoms with Gasteiger partial charge in [0, 0.05) is 27.5 Å². The zero-order valence-corrected chi connectivity index (χ0v) is 27.8. The van der Waals surface area contributed by atoms with Crippen LogP contribution < -0.4 is 0 Å². The molecular formula is C47H31N3O. The van der Waals surface area contributed by atoms with Crippen LogP contribution in [0.4, 0.5) is 0 Å². The summed E-state index contributed by atoms with van der Waals surface area (Å²) in [5.74, 6) is 1.95. The van der Waals surface area contributed by atoms with Gasteiger partial charge in [0.15, 0.2) is 17.5 Å². The summed E-state index contributed by atoms with van der Waals surface area (Å²) in [7, 11) is 0. The Morgan fingerprint density at radius 1 is 0.431 bits per heavy atom. The topological polar surface area (TPSA) is 51.8 Å². The van der Waals surface area contributed by atoms with Crippen molar-refractivity contribution in [3.05, 3.63) is 170 Å². The van der Waals surface area contributed by atoms with E-state index in [4.69, 9.17) is 19.4 Å². The summed E-state index contributed by atoms with van der Waals surface area (Å²) in [6.07, 6.45) is 8.52. The first-order chi connectivity index (χ1) is 25.2. The van der Waals surface area contributed by atoms with Crippen LogP contribution in [0.25, 0.3) is 94.1 Å². The Balaban J connectivity index is 1.10. The maximum atomic E-state index is 6.52. The summed E-state index contributed by atoms with van der Waals surface area (Å²) in [6.45, 7) is 0. The second kappa shape index (κ2) is 12.0. The molecule has 7 aromatic carbocycles. The fourth-order valence-corrected chi connectivity index (χ4v) is 7.29. The molecule has 0 bridgehead atoms. The number of benzene rings is 7. The first kappa shape index (κ1) is 29.3. The third-order valence-electron chi connectivity index (χ3n) is 9.91. The van der Waals surface area contributed by atoms with Crippen molar-refractivity contribution in [3.63, 3.8) is 0 Å². The lowest BCUT2D eigenvalue weighted by molar-refractivity contribution is 0.669. The van der Waals surface area contributed by atoms with E-state index in [-0.39, 0.29) is 0 Å². The molecule has 2 aromatic heterocycles. The fraction of sp³-hybridized carbons (Fsp3) is 0.0426. The molecule has 4 nitrogen and oxygen atoms in total. The average molecular weight is 654 g/mol. The third kappa shape index (κ3) is 5.29. The van der Waals surface area contributed by atoms with Crippen molar-refractivity contribution < 1.29 is 4.42 Å². The minimum Gasteiger partial charge on any atom is -0.456 e. The largest absolute Gasteiger partial charge is 0.456 e. The molecule has 0 saturated heterocycles. The van der Waals surface area contributed by atoms with Crippen LogP contribution in [0, 0.1) is 0 Å². The molecule has 0 N–H and O–H groups in total. The van der Waals surface area contributed by atoms with Crippen LogP contribution >= 0.6 is 0 Å². The zero-order valence-electron chi connectivity index (χ0n) is 27.8. The summed E-state index contributed by atoms with van der Waals surface area (Å²) in [6, 6.07) is 51.2. The minimum absolute atomic E-state index is 0.626. The number of hydrogen-bond acceptors (Lipinski definition) is 4. The summed E-state index contributed by atoms with van der Waals surface area (Å²) < 4.78 is 6.52. The second-order valence-corrected chi connectivity index (χ2v) is 13.1. The van der Waals surface area contributed by atoms with Crippen LogP contribution in [-0.4, -0.2) is 15.0 Å². The van der Waals surface area contributed by atoms with Crippen LogP contribution in [0.1, 0.15) is 18.7 Å². The van der Waals surface area contributed by atoms with Gasteiger partial charge < -0.3 is 4.42 Å². The Kier molecular flexibility index (Phi) is 6.91. The first-order valence-corrected chi connectivity index (χ1v) is 17.4. The predicted octanol–water partition coefficient (Wildman–Crippen LogP) is 12.5. The molecule has 0 atom stereocenters. The van der Waals surface area contributed by atoms with E-state index in [1.807, 2.05) is 18.2 Å². The highest BCUT2D eigenvalue weighted by molar-refractivity contribution is 6.12. The lowest BCUT2D eigenvalue weighted by Crippen LogP contribution is -2.03. The molecule has 0 spiro atoms. The highest BCUT2D eigenvalue weighted by Crippen LogP contribution is 2.39. The molecule has 1 aliphatic carbocycles. The number of rotatable bonds is 5. The maximum absolute atomic E-state index is 6.52. The first-order valence-electron chi connectivity index (χ1n) is 17.4. The second-order valence-electron chi connectivity index (χ2n) is 13.1. The number of nitrogens with zero attached hydrogens (tertiary/aromatic N) is 3. The Morgan fingerprint density at radius 2 is 1.08 bits per heavy atom. The highest BCUT2D eigenvalue weighted by Gasteiger charge is 2.19. The normalized spacial score (nSPS) is 13.0. The lowest BCUT2D eigenvalue weighted by Gasteiger charge is -2.12. The molecule has 4 heteroatoms. The van der Waals surface area contributed by atoms with Crippen molar-refractivity contribution in [1.29, 1.82) is 0 Å². The summed E-state index contributed by atoms with van der Waals surface area (Å²) >= 11 is 0. The number of aromatic nitrogens is 3. The van der Waals surface area contributed by atoms with Gasteiger partial charge in [-0.05, 0) is 93.0 Å². The van der Waals surface area contributed by atoms with E-state index in [1.54, 1.807) is 0 Å². The van der Waals surface area contributed by atoms with Gasteiger partial charge in [0.25, 0.3) is 0 Å². The summed E-state index contributed by atoms with van der Waals surface area (Å²) in [4.78, 5) is 15.3. The smallest absolute Gasteiger partial charge is 0.164 e. The molecule has 0 aliphatic heterocycles. The molecule has 0 unspecified atom stereocenters. The Morgan fingerprint density at radius 3 is 1.90 bits per heavy atom. The van der Waals surface area contributed by atoms with E-state index in [9.17, 15) is 0 Å². The monoisotopic (exact) mass is 653 g/mol. The van der Waals surface area contributed by atoms with Gasteiger partial charge in [-0.2, -0.15) is 0 Å². The molecule has 51 heavy (non-hydrogen) atoms. The fourth-order valence-electron chi connectivity index (χ4n) is 7.29. The van der Waals surface area contributed by atoms with Gasteiger partial charge in [-0.25, -0.2) is 15.0 Å². The maximum Gasteiger partial charge on any atom is 0.164 e. The van der Waals surface area contributed by atoms with Crippen LogP contribution in [0.15, 0.2) is 168 Å². The van der Waals surface area contributed by atoms with Crippen molar-refractivity contribution in [2.24, 2.45) is 0 Å². The third-order valence-corrected chi connectivity index (χ3v) is 9.91. The van der Waals surface area contributed by atoms with Crippen LogP contribution in [0.5, 0.6) is 0 Å². The molecule has 0 fully saturated rings. The van der Waals surface area contributed by atoms with E-state index in [2.05, 4.69) is 146 Å². The van der Waals surface area contributed by atoms with E-state index >= 15 is 0 Å². The van der Waals surface area contributed by atoms with E-state index < -0.39 is 0 Å². The molecule has 1 aliphatic rings. The van der Waals surface area contributed by atoms with Gasteiger partial charge in [0.2, 0.25) is 0 Å². The van der Waals surface area contributed by atoms with Crippen LogP contribution in [0.2, 0.25) is 0 Å². The van der Waals surface area contributed by atoms with Crippen molar-refractivity contribution in [2.75, 3.05) is 0 Å². The standard InChI is InChI=1S/C47H31N3O/c1-3-10-30(11-4-1)34-20-21-37-28-39(23-22-35(37)27-34)46-48-45(32-13-5-2-6-14-32)49-47(50-46)41-16-9-17-42-44(41)40-25-24-38(29-43(40)51-42)36-19-18-31-12-7-8-15-33(31)26-36/h1,3-5,7-29H,2,6H2. The average Bonchev–Trinajstić information content (AvgIpc) is 3.59. The lowest BCUT2D eigenvalue weighted by atomic mass is 9.99. The minimum atomic E-state index is 0.626. The highest BCUT2D eigenvalue weighted by atomic mass is 16.3. The number of hydrogen-bond donors (Lipinski definition) is 0. The van der Waals surface area contributed by atoms with Crippen molar-refractivity contribution in [2.45, 2.75) is 12.8 Å². The molecule has 2 heterocycles. The Hall–Kier alpha value is -6.65. The van der Waals surface area contributed by atoms with Crippen LogP contribution in [0.3, 0.4) is 0 Å². The predicted molar refractivity (Wildman–Crippen MR) is 210 cm³/mol.